The van der Waals surface area contributed by atoms with Crippen LogP contribution < -0.4 is 21.9 Å². The van der Waals surface area contributed by atoms with Gasteiger partial charge in [-0.15, -0.1) is 0 Å². The Bertz CT molecular complexity index is 882. The number of aromatic amines is 1. The minimum absolute atomic E-state index is 0.0453. The number of carbonyl (C=O) groups excluding carboxylic acids is 1. The van der Waals surface area contributed by atoms with E-state index >= 15 is 0 Å². The molecule has 2 aromatic rings. The standard InChI is InChI=1S/C17H20N4O4/c1-20(16(23)12-8-5-9-25-12)13-14(18)21(17(24)19-15(13)22)10-11-6-3-2-4-7-11/h2-4,6-7,12H,5,8-10,18H2,1H3,(H,19,22,24)/t12-/m1/s1. The van der Waals surface area contributed by atoms with E-state index in [0.717, 1.165) is 12.0 Å². The topological polar surface area (TPSA) is 110 Å². The van der Waals surface area contributed by atoms with Crippen LogP contribution in [0.1, 0.15) is 18.4 Å². The zero-order valence-corrected chi connectivity index (χ0v) is 13.9. The number of amides is 1. The van der Waals surface area contributed by atoms with Gasteiger partial charge in [0.25, 0.3) is 11.5 Å². The molecule has 0 bridgehead atoms. The van der Waals surface area contributed by atoms with E-state index in [1.807, 2.05) is 30.3 Å². The number of nitrogens with one attached hydrogen (secondary N) is 1. The van der Waals surface area contributed by atoms with Crippen molar-refractivity contribution in [2.75, 3.05) is 24.3 Å². The maximum absolute atomic E-state index is 12.5. The monoisotopic (exact) mass is 344 g/mol. The number of carbonyl (C=O) groups is 1. The van der Waals surface area contributed by atoms with Crippen molar-refractivity contribution in [3.05, 3.63) is 56.7 Å². The van der Waals surface area contributed by atoms with Gasteiger partial charge in [-0.1, -0.05) is 30.3 Å². The average Bonchev–Trinajstić information content (AvgIpc) is 3.13. The van der Waals surface area contributed by atoms with Gasteiger partial charge in [-0.05, 0) is 18.4 Å². The average molecular weight is 344 g/mol. The summed E-state index contributed by atoms with van der Waals surface area (Å²) in [5.74, 6) is -0.397. The number of hydrogen-bond donors (Lipinski definition) is 2. The Morgan fingerprint density at radius 2 is 2.08 bits per heavy atom. The van der Waals surface area contributed by atoms with E-state index < -0.39 is 17.4 Å². The van der Waals surface area contributed by atoms with Gasteiger partial charge in [0.2, 0.25) is 0 Å². The summed E-state index contributed by atoms with van der Waals surface area (Å²) >= 11 is 0. The van der Waals surface area contributed by atoms with Gasteiger partial charge in [-0.3, -0.25) is 19.1 Å². The lowest BCUT2D eigenvalue weighted by atomic mass is 10.2. The van der Waals surface area contributed by atoms with E-state index in [2.05, 4.69) is 4.98 Å². The number of H-pyrrole nitrogens is 1. The highest BCUT2D eigenvalue weighted by Crippen LogP contribution is 2.21. The lowest BCUT2D eigenvalue weighted by Crippen LogP contribution is -2.42. The summed E-state index contributed by atoms with van der Waals surface area (Å²) in [5.41, 5.74) is 5.57. The van der Waals surface area contributed by atoms with Crippen LogP contribution in [0, 0.1) is 0 Å². The SMILES string of the molecule is CN(C(=O)[C@H]1CCCO1)c1c(N)n(Cc2ccccc2)c(=O)[nH]c1=O. The second kappa shape index (κ2) is 6.94. The van der Waals surface area contributed by atoms with Crippen molar-refractivity contribution in [3.63, 3.8) is 0 Å². The first-order chi connectivity index (χ1) is 12.0. The third kappa shape index (κ3) is 3.34. The predicted molar refractivity (Wildman–Crippen MR) is 93.7 cm³/mol. The molecule has 132 valence electrons. The van der Waals surface area contributed by atoms with Crippen LogP contribution in [-0.4, -0.2) is 35.2 Å². The van der Waals surface area contributed by atoms with Crippen molar-refractivity contribution in [2.24, 2.45) is 0 Å². The summed E-state index contributed by atoms with van der Waals surface area (Å²) in [6, 6.07) is 9.24. The minimum Gasteiger partial charge on any atom is -0.383 e. The third-order valence-electron chi connectivity index (χ3n) is 4.27. The number of nitrogens with two attached hydrogens (primary N) is 1. The summed E-state index contributed by atoms with van der Waals surface area (Å²) in [4.78, 5) is 40.3. The van der Waals surface area contributed by atoms with Gasteiger partial charge in [0.15, 0.2) is 5.69 Å². The largest absolute Gasteiger partial charge is 0.383 e. The van der Waals surface area contributed by atoms with Crippen molar-refractivity contribution >= 4 is 17.4 Å². The Morgan fingerprint density at radius 3 is 2.72 bits per heavy atom. The van der Waals surface area contributed by atoms with Crippen LogP contribution in [0.5, 0.6) is 0 Å². The number of aromatic nitrogens is 2. The van der Waals surface area contributed by atoms with E-state index in [1.165, 1.54) is 16.5 Å². The van der Waals surface area contributed by atoms with E-state index in [-0.39, 0.29) is 24.0 Å². The number of likely N-dealkylation sites (N-methyl/N-ethyl adjacent to an activating group) is 1. The van der Waals surface area contributed by atoms with E-state index in [1.54, 1.807) is 0 Å². The van der Waals surface area contributed by atoms with Crippen molar-refractivity contribution in [1.29, 1.82) is 0 Å². The first kappa shape index (κ1) is 17.0. The maximum atomic E-state index is 12.5. The van der Waals surface area contributed by atoms with Crippen LogP contribution in [-0.2, 0) is 16.1 Å². The molecular formula is C17H20N4O4. The number of ether oxygens (including phenoxy) is 1. The van der Waals surface area contributed by atoms with Gasteiger partial charge in [0.1, 0.15) is 11.9 Å². The Kier molecular flexibility index (Phi) is 4.71. The molecule has 3 N–H and O–H groups in total. The molecule has 0 unspecified atom stereocenters. The normalized spacial score (nSPS) is 16.8. The predicted octanol–water partition coefficient (Wildman–Crippen LogP) is 0.309. The summed E-state index contributed by atoms with van der Waals surface area (Å²) in [6.07, 6.45) is 0.812. The molecule has 0 spiro atoms. The molecule has 8 heteroatoms. The van der Waals surface area contributed by atoms with Crippen molar-refractivity contribution < 1.29 is 9.53 Å². The van der Waals surface area contributed by atoms with E-state index in [9.17, 15) is 14.4 Å². The number of nitrogens with zero attached hydrogens (tertiary/aromatic N) is 2. The molecule has 1 aliphatic rings. The highest BCUT2D eigenvalue weighted by atomic mass is 16.5. The first-order valence-electron chi connectivity index (χ1n) is 8.04. The smallest absolute Gasteiger partial charge is 0.330 e. The fourth-order valence-electron chi connectivity index (χ4n) is 2.92. The van der Waals surface area contributed by atoms with Crippen LogP contribution in [0.15, 0.2) is 39.9 Å². The third-order valence-corrected chi connectivity index (χ3v) is 4.27. The second-order valence-electron chi connectivity index (χ2n) is 5.96. The lowest BCUT2D eigenvalue weighted by molar-refractivity contribution is -0.127. The fourth-order valence-corrected chi connectivity index (χ4v) is 2.92. The molecule has 0 radical (unpaired) electrons. The molecule has 8 nitrogen and oxygen atoms in total. The Hall–Kier alpha value is -2.87. The molecular weight excluding hydrogens is 324 g/mol. The molecule has 1 atom stereocenters. The number of hydrogen-bond acceptors (Lipinski definition) is 5. The van der Waals surface area contributed by atoms with Gasteiger partial charge >= 0.3 is 5.69 Å². The molecule has 0 aliphatic carbocycles. The molecule has 1 aliphatic heterocycles. The molecule has 0 saturated carbocycles. The Morgan fingerprint density at radius 1 is 1.36 bits per heavy atom. The minimum atomic E-state index is -0.694. The summed E-state index contributed by atoms with van der Waals surface area (Å²) in [5, 5.41) is 0. The van der Waals surface area contributed by atoms with E-state index in [0.29, 0.717) is 13.0 Å². The van der Waals surface area contributed by atoms with Crippen LogP contribution >= 0.6 is 0 Å². The van der Waals surface area contributed by atoms with Crippen molar-refractivity contribution in [2.45, 2.75) is 25.5 Å². The highest BCUT2D eigenvalue weighted by molar-refractivity contribution is 5.98. The highest BCUT2D eigenvalue weighted by Gasteiger charge is 2.30. The van der Waals surface area contributed by atoms with Crippen molar-refractivity contribution in [3.8, 4) is 0 Å². The molecule has 1 fully saturated rings. The summed E-state index contributed by atoms with van der Waals surface area (Å²) < 4.78 is 6.62. The van der Waals surface area contributed by atoms with Gasteiger partial charge in [0.05, 0.1) is 6.54 Å². The van der Waals surface area contributed by atoms with Gasteiger partial charge < -0.3 is 15.4 Å². The Balaban J connectivity index is 1.99. The van der Waals surface area contributed by atoms with E-state index in [4.69, 9.17) is 10.5 Å². The molecule has 1 saturated heterocycles. The van der Waals surface area contributed by atoms with Crippen LogP contribution in [0.2, 0.25) is 0 Å². The second-order valence-corrected chi connectivity index (χ2v) is 5.96. The van der Waals surface area contributed by atoms with Crippen LogP contribution in [0.25, 0.3) is 0 Å². The first-order valence-corrected chi connectivity index (χ1v) is 8.04. The van der Waals surface area contributed by atoms with Gasteiger partial charge in [0, 0.05) is 13.7 Å². The number of benzene rings is 1. The lowest BCUT2D eigenvalue weighted by Gasteiger charge is -2.22. The van der Waals surface area contributed by atoms with Crippen LogP contribution in [0.3, 0.4) is 0 Å². The molecule has 1 aromatic heterocycles. The molecule has 1 aromatic carbocycles. The quantitative estimate of drug-likeness (QED) is 0.829. The van der Waals surface area contributed by atoms with Gasteiger partial charge in [-0.25, -0.2) is 4.79 Å². The zero-order chi connectivity index (χ0) is 18.0. The molecule has 1 amide bonds. The maximum Gasteiger partial charge on any atom is 0.330 e. The number of nitrogen functional groups attached to an aromatic ring is 1. The molecule has 2 heterocycles. The van der Waals surface area contributed by atoms with Crippen molar-refractivity contribution in [1.82, 2.24) is 9.55 Å². The number of anilines is 2. The molecule has 25 heavy (non-hydrogen) atoms. The fraction of sp³-hybridized carbons (Fsp3) is 0.353. The molecule has 3 rings (SSSR count). The summed E-state index contributed by atoms with van der Waals surface area (Å²) in [7, 11) is 1.46. The Labute approximate surface area is 143 Å². The zero-order valence-electron chi connectivity index (χ0n) is 13.9. The van der Waals surface area contributed by atoms with Crippen LogP contribution in [0.4, 0.5) is 11.5 Å². The number of rotatable bonds is 4. The van der Waals surface area contributed by atoms with Gasteiger partial charge in [-0.2, -0.15) is 0 Å². The summed E-state index contributed by atoms with van der Waals surface area (Å²) in [6.45, 7) is 0.709.